The zero-order chi connectivity index (χ0) is 13.9. The highest BCUT2D eigenvalue weighted by Gasteiger charge is 2.25. The fraction of sp³-hybridized carbons (Fsp3) is 0.647. The monoisotopic (exact) mass is 277 g/mol. The van der Waals surface area contributed by atoms with Gasteiger partial charge in [-0.05, 0) is 35.6 Å². The van der Waals surface area contributed by atoms with E-state index in [4.69, 9.17) is 0 Å². The second-order valence-electron chi connectivity index (χ2n) is 6.64. The van der Waals surface area contributed by atoms with E-state index in [1.807, 2.05) is 11.8 Å². The third-order valence-electron chi connectivity index (χ3n) is 4.14. The predicted molar refractivity (Wildman–Crippen MR) is 86.9 cm³/mol. The lowest BCUT2D eigenvalue weighted by molar-refractivity contribution is 0.532. The van der Waals surface area contributed by atoms with E-state index < -0.39 is 0 Å². The van der Waals surface area contributed by atoms with Gasteiger partial charge < -0.3 is 5.32 Å². The fourth-order valence-electron chi connectivity index (χ4n) is 2.81. The summed E-state index contributed by atoms with van der Waals surface area (Å²) in [6, 6.07) is 9.81. The van der Waals surface area contributed by atoms with Crippen LogP contribution < -0.4 is 5.32 Å². The quantitative estimate of drug-likeness (QED) is 0.877. The van der Waals surface area contributed by atoms with Gasteiger partial charge >= 0.3 is 0 Å². The molecule has 1 fully saturated rings. The lowest BCUT2D eigenvalue weighted by Crippen LogP contribution is -2.33. The minimum Gasteiger partial charge on any atom is -0.309 e. The van der Waals surface area contributed by atoms with Crippen LogP contribution in [0.3, 0.4) is 0 Å². The van der Waals surface area contributed by atoms with Gasteiger partial charge in [0, 0.05) is 17.8 Å². The summed E-state index contributed by atoms with van der Waals surface area (Å²) in [5, 5.41) is 4.55. The van der Waals surface area contributed by atoms with Crippen molar-refractivity contribution in [2.24, 2.45) is 0 Å². The van der Waals surface area contributed by atoms with Crippen molar-refractivity contribution in [3.63, 3.8) is 0 Å². The Morgan fingerprint density at radius 2 is 1.84 bits per heavy atom. The van der Waals surface area contributed by atoms with E-state index in [0.717, 1.165) is 11.8 Å². The second kappa shape index (κ2) is 6.32. The van der Waals surface area contributed by atoms with Crippen LogP contribution in [0.5, 0.6) is 0 Å². The summed E-state index contributed by atoms with van der Waals surface area (Å²) in [7, 11) is 0. The molecule has 1 nitrogen and oxygen atoms in total. The van der Waals surface area contributed by atoms with Crippen molar-refractivity contribution in [3.05, 3.63) is 35.4 Å². The van der Waals surface area contributed by atoms with Gasteiger partial charge in [-0.2, -0.15) is 11.8 Å². The minimum absolute atomic E-state index is 0.251. The van der Waals surface area contributed by atoms with Crippen LogP contribution >= 0.6 is 11.8 Å². The van der Waals surface area contributed by atoms with Crippen LogP contribution in [-0.2, 0) is 12.0 Å². The Kier molecular flexibility index (Phi) is 4.97. The molecule has 2 unspecified atom stereocenters. The fourth-order valence-corrected chi connectivity index (χ4v) is 3.78. The third-order valence-corrected chi connectivity index (χ3v) is 5.31. The summed E-state index contributed by atoms with van der Waals surface area (Å²) in [6.07, 6.45) is 6.34. The highest BCUT2D eigenvalue weighted by molar-refractivity contribution is 7.99. The van der Waals surface area contributed by atoms with Gasteiger partial charge in [0.05, 0.1) is 0 Å². The van der Waals surface area contributed by atoms with Crippen LogP contribution in [0, 0.1) is 0 Å². The molecule has 1 aliphatic carbocycles. The van der Waals surface area contributed by atoms with Crippen molar-refractivity contribution in [1.29, 1.82) is 0 Å². The van der Waals surface area contributed by atoms with Gasteiger partial charge in [-0.25, -0.2) is 0 Å². The van der Waals surface area contributed by atoms with Gasteiger partial charge in [-0.15, -0.1) is 0 Å². The summed E-state index contributed by atoms with van der Waals surface area (Å²) in [5.74, 6) is 0. The van der Waals surface area contributed by atoms with Gasteiger partial charge in [0.1, 0.15) is 0 Å². The molecule has 106 valence electrons. The summed E-state index contributed by atoms with van der Waals surface area (Å²) < 4.78 is 0. The molecule has 0 heterocycles. The maximum atomic E-state index is 3.74. The van der Waals surface area contributed by atoms with Gasteiger partial charge in [0.15, 0.2) is 0 Å². The molecule has 1 N–H and O–H groups in total. The molecule has 0 saturated heterocycles. The highest BCUT2D eigenvalue weighted by Crippen LogP contribution is 2.28. The molecule has 0 aromatic heterocycles. The zero-order valence-electron chi connectivity index (χ0n) is 12.7. The molecule has 19 heavy (non-hydrogen) atoms. The molecule has 1 aromatic carbocycles. The van der Waals surface area contributed by atoms with E-state index in [1.54, 1.807) is 0 Å². The average molecular weight is 277 g/mol. The van der Waals surface area contributed by atoms with Gasteiger partial charge in [0.25, 0.3) is 0 Å². The topological polar surface area (TPSA) is 12.0 Å². The molecule has 1 aromatic rings. The Bertz CT molecular complexity index is 391. The molecule has 2 heteroatoms. The Morgan fingerprint density at radius 1 is 1.16 bits per heavy atom. The van der Waals surface area contributed by atoms with Gasteiger partial charge in [0.2, 0.25) is 0 Å². The molecule has 2 atom stereocenters. The van der Waals surface area contributed by atoms with Crippen LogP contribution in [0.2, 0.25) is 0 Å². The second-order valence-corrected chi connectivity index (χ2v) is 7.72. The first-order chi connectivity index (χ1) is 9.00. The molecule has 0 aliphatic heterocycles. The molecular weight excluding hydrogens is 250 g/mol. The van der Waals surface area contributed by atoms with Crippen molar-refractivity contribution in [2.75, 3.05) is 6.26 Å². The van der Waals surface area contributed by atoms with Crippen molar-refractivity contribution in [2.45, 2.75) is 63.3 Å². The molecule has 0 amide bonds. The molecule has 0 radical (unpaired) electrons. The van der Waals surface area contributed by atoms with Crippen molar-refractivity contribution >= 4 is 11.8 Å². The predicted octanol–water partition coefficient (Wildman–Crippen LogP) is 4.36. The lowest BCUT2D eigenvalue weighted by atomic mass is 9.87. The zero-order valence-corrected chi connectivity index (χ0v) is 13.5. The standard InChI is InChI=1S/C17H27NS/c1-17(2,3)14-10-8-13(9-11-14)12-18-15-6-5-7-16(15)19-4/h8-11,15-16,18H,5-7,12H2,1-4H3. The summed E-state index contributed by atoms with van der Waals surface area (Å²) in [6.45, 7) is 7.80. The summed E-state index contributed by atoms with van der Waals surface area (Å²) >= 11 is 2.02. The number of thioether (sulfide) groups is 1. The van der Waals surface area contributed by atoms with E-state index >= 15 is 0 Å². The van der Waals surface area contributed by atoms with E-state index in [1.165, 1.54) is 30.4 Å². The average Bonchev–Trinajstić information content (AvgIpc) is 2.83. The van der Waals surface area contributed by atoms with E-state index in [9.17, 15) is 0 Å². The van der Waals surface area contributed by atoms with E-state index in [-0.39, 0.29) is 5.41 Å². The Labute approximate surface area is 122 Å². The summed E-state index contributed by atoms with van der Waals surface area (Å²) in [5.41, 5.74) is 3.07. The molecular formula is C17H27NS. The van der Waals surface area contributed by atoms with Crippen molar-refractivity contribution in [3.8, 4) is 0 Å². The molecule has 0 bridgehead atoms. The molecule has 1 saturated carbocycles. The molecule has 0 spiro atoms. The van der Waals surface area contributed by atoms with Gasteiger partial charge in [-0.3, -0.25) is 0 Å². The first-order valence-corrected chi connectivity index (χ1v) is 8.65. The number of hydrogen-bond acceptors (Lipinski definition) is 2. The number of nitrogens with one attached hydrogen (secondary N) is 1. The number of rotatable bonds is 4. The van der Waals surface area contributed by atoms with Crippen molar-refractivity contribution in [1.82, 2.24) is 5.32 Å². The Morgan fingerprint density at radius 3 is 2.42 bits per heavy atom. The first kappa shape index (κ1) is 14.9. The minimum atomic E-state index is 0.251. The lowest BCUT2D eigenvalue weighted by Gasteiger charge is -2.21. The van der Waals surface area contributed by atoms with E-state index in [0.29, 0.717) is 6.04 Å². The Hall–Kier alpha value is -0.470. The maximum absolute atomic E-state index is 3.74. The smallest absolute Gasteiger partial charge is 0.0208 e. The third kappa shape index (κ3) is 4.00. The largest absolute Gasteiger partial charge is 0.309 e. The van der Waals surface area contributed by atoms with Crippen LogP contribution in [0.4, 0.5) is 0 Å². The molecule has 2 rings (SSSR count). The van der Waals surface area contributed by atoms with E-state index in [2.05, 4.69) is 56.6 Å². The number of benzene rings is 1. The van der Waals surface area contributed by atoms with Crippen LogP contribution in [0.1, 0.15) is 51.2 Å². The molecule has 1 aliphatic rings. The highest BCUT2D eigenvalue weighted by atomic mass is 32.2. The van der Waals surface area contributed by atoms with Crippen LogP contribution in [-0.4, -0.2) is 17.5 Å². The maximum Gasteiger partial charge on any atom is 0.0208 e. The van der Waals surface area contributed by atoms with Crippen LogP contribution in [0.25, 0.3) is 0 Å². The summed E-state index contributed by atoms with van der Waals surface area (Å²) in [4.78, 5) is 0. The van der Waals surface area contributed by atoms with Crippen LogP contribution in [0.15, 0.2) is 24.3 Å². The SMILES string of the molecule is CSC1CCCC1NCc1ccc(C(C)(C)C)cc1. The number of hydrogen-bond donors (Lipinski definition) is 1. The van der Waals surface area contributed by atoms with Gasteiger partial charge in [-0.1, -0.05) is 51.5 Å². The first-order valence-electron chi connectivity index (χ1n) is 7.36. The normalized spacial score (nSPS) is 23.8. The van der Waals surface area contributed by atoms with Crippen molar-refractivity contribution < 1.29 is 0 Å². The Balaban J connectivity index is 1.90.